The Kier molecular flexibility index (Phi) is 1.58. The minimum absolute atomic E-state index is 0.193. The van der Waals surface area contributed by atoms with Crippen LogP contribution in [0.5, 0.6) is 0 Å². The number of nitrogens with one attached hydrogen (secondary N) is 1. The molecule has 0 saturated heterocycles. The molecule has 0 atom stereocenters. The summed E-state index contributed by atoms with van der Waals surface area (Å²) in [5.74, 6) is 0. The quantitative estimate of drug-likeness (QED) is 0.653. The lowest BCUT2D eigenvalue weighted by molar-refractivity contribution is 0.816. The molecule has 0 radical (unpaired) electrons. The van der Waals surface area contributed by atoms with Gasteiger partial charge in [-0.25, -0.2) is 0 Å². The van der Waals surface area contributed by atoms with Gasteiger partial charge in [-0.05, 0) is 11.9 Å². The van der Waals surface area contributed by atoms with Crippen LogP contribution in [0.1, 0.15) is 0 Å². The van der Waals surface area contributed by atoms with Crippen molar-refractivity contribution in [1.82, 2.24) is 24.6 Å². The van der Waals surface area contributed by atoms with E-state index in [-0.39, 0.29) is 5.56 Å². The molecule has 0 unspecified atom stereocenters. The largest absolute Gasteiger partial charge is 0.291 e. The van der Waals surface area contributed by atoms with Gasteiger partial charge >= 0.3 is 0 Å². The van der Waals surface area contributed by atoms with Gasteiger partial charge in [0.05, 0.1) is 6.20 Å². The molecule has 2 rings (SSSR count). The van der Waals surface area contributed by atoms with Crippen molar-refractivity contribution >= 4 is 23.0 Å². The fraction of sp³-hybridized carbons (Fsp3) is 0.200. The van der Waals surface area contributed by atoms with Gasteiger partial charge in [0.2, 0.25) is 0 Å². The number of aromatic nitrogens is 5. The van der Waals surface area contributed by atoms with E-state index in [4.69, 9.17) is 0 Å². The predicted octanol–water partition coefficient (Wildman–Crippen LogP) is -0.359. The first-order valence-corrected chi connectivity index (χ1v) is 4.34. The summed E-state index contributed by atoms with van der Waals surface area (Å²) in [6, 6.07) is 0. The number of H-pyrrole nitrogens is 1. The SMILES string of the molecule is CSn1nnc2[nH]ncc2c1=O. The molecule has 2 aromatic rings. The standard InChI is InChI=1S/C5H5N5OS/c1-12-10-5(11)3-2-6-7-4(3)8-9-10/h2H,1H3,(H,6,7). The lowest BCUT2D eigenvalue weighted by atomic mass is 10.5. The van der Waals surface area contributed by atoms with Gasteiger partial charge in [0.1, 0.15) is 5.39 Å². The highest BCUT2D eigenvalue weighted by molar-refractivity contribution is 7.97. The van der Waals surface area contributed by atoms with E-state index >= 15 is 0 Å². The van der Waals surface area contributed by atoms with Crippen LogP contribution in [0.3, 0.4) is 0 Å². The zero-order valence-electron chi connectivity index (χ0n) is 6.18. The predicted molar refractivity (Wildman–Crippen MR) is 44.9 cm³/mol. The maximum atomic E-state index is 11.4. The zero-order chi connectivity index (χ0) is 8.55. The summed E-state index contributed by atoms with van der Waals surface area (Å²) in [7, 11) is 0. The molecule has 12 heavy (non-hydrogen) atoms. The van der Waals surface area contributed by atoms with E-state index < -0.39 is 0 Å². The molecule has 0 bridgehead atoms. The van der Waals surface area contributed by atoms with Crippen molar-refractivity contribution < 1.29 is 0 Å². The third-order valence-corrected chi connectivity index (χ3v) is 2.01. The van der Waals surface area contributed by atoms with Crippen molar-refractivity contribution in [1.29, 1.82) is 0 Å². The van der Waals surface area contributed by atoms with Crippen molar-refractivity contribution in [2.45, 2.75) is 0 Å². The molecule has 0 fully saturated rings. The van der Waals surface area contributed by atoms with E-state index in [1.165, 1.54) is 22.2 Å². The number of rotatable bonds is 1. The molecule has 2 heterocycles. The summed E-state index contributed by atoms with van der Waals surface area (Å²) in [5.41, 5.74) is 0.228. The van der Waals surface area contributed by atoms with E-state index in [1.54, 1.807) is 6.26 Å². The Morgan fingerprint density at radius 3 is 3.25 bits per heavy atom. The zero-order valence-corrected chi connectivity index (χ0v) is 7.00. The van der Waals surface area contributed by atoms with Gasteiger partial charge in [0.25, 0.3) is 5.56 Å². The van der Waals surface area contributed by atoms with Crippen LogP contribution >= 0.6 is 11.9 Å². The molecule has 0 aliphatic rings. The van der Waals surface area contributed by atoms with Crippen LogP contribution in [-0.4, -0.2) is 30.9 Å². The Labute approximate surface area is 71.1 Å². The Bertz CT molecular complexity index is 460. The second kappa shape index (κ2) is 2.59. The fourth-order valence-corrected chi connectivity index (χ4v) is 1.23. The van der Waals surface area contributed by atoms with E-state index in [9.17, 15) is 4.79 Å². The highest BCUT2D eigenvalue weighted by atomic mass is 32.2. The van der Waals surface area contributed by atoms with Gasteiger partial charge in [-0.1, -0.05) is 5.21 Å². The van der Waals surface area contributed by atoms with Crippen LogP contribution in [0.15, 0.2) is 11.0 Å². The second-order valence-electron chi connectivity index (χ2n) is 2.08. The number of nitrogens with zero attached hydrogens (tertiary/aromatic N) is 4. The van der Waals surface area contributed by atoms with Crippen LogP contribution in [0.2, 0.25) is 0 Å². The minimum atomic E-state index is -0.193. The van der Waals surface area contributed by atoms with E-state index in [0.717, 1.165) is 0 Å². The van der Waals surface area contributed by atoms with E-state index in [1.807, 2.05) is 0 Å². The maximum Gasteiger partial charge on any atom is 0.291 e. The van der Waals surface area contributed by atoms with Crippen molar-refractivity contribution in [3.63, 3.8) is 0 Å². The molecule has 62 valence electrons. The monoisotopic (exact) mass is 183 g/mol. The molecule has 0 aliphatic heterocycles. The topological polar surface area (TPSA) is 76.5 Å². The summed E-state index contributed by atoms with van der Waals surface area (Å²) in [4.78, 5) is 11.4. The molecule has 0 saturated carbocycles. The van der Waals surface area contributed by atoms with Gasteiger partial charge in [-0.3, -0.25) is 9.89 Å². The van der Waals surface area contributed by atoms with Gasteiger partial charge in [-0.2, -0.15) is 5.10 Å². The molecule has 7 heteroatoms. The summed E-state index contributed by atoms with van der Waals surface area (Å²) in [6.45, 7) is 0. The molecular formula is C5H5N5OS. The Morgan fingerprint density at radius 2 is 2.50 bits per heavy atom. The van der Waals surface area contributed by atoms with Crippen LogP contribution in [0.4, 0.5) is 0 Å². The fourth-order valence-electron chi connectivity index (χ4n) is 0.860. The van der Waals surface area contributed by atoms with Crippen LogP contribution in [0.25, 0.3) is 11.0 Å². The molecule has 0 spiro atoms. The van der Waals surface area contributed by atoms with Crippen LogP contribution < -0.4 is 5.56 Å². The van der Waals surface area contributed by atoms with Crippen LogP contribution in [-0.2, 0) is 0 Å². The van der Waals surface area contributed by atoms with Crippen molar-refractivity contribution in [3.8, 4) is 0 Å². The molecule has 0 amide bonds. The Morgan fingerprint density at radius 1 is 1.67 bits per heavy atom. The average molecular weight is 183 g/mol. The highest BCUT2D eigenvalue weighted by Crippen LogP contribution is 2.00. The molecule has 2 aromatic heterocycles. The Balaban J connectivity index is 2.88. The van der Waals surface area contributed by atoms with Crippen molar-refractivity contribution in [2.75, 3.05) is 6.26 Å². The highest BCUT2D eigenvalue weighted by Gasteiger charge is 2.04. The summed E-state index contributed by atoms with van der Waals surface area (Å²) in [6.07, 6.45) is 3.20. The van der Waals surface area contributed by atoms with Crippen molar-refractivity contribution in [3.05, 3.63) is 16.6 Å². The maximum absolute atomic E-state index is 11.4. The summed E-state index contributed by atoms with van der Waals surface area (Å²) < 4.78 is 1.21. The average Bonchev–Trinajstić information content (AvgIpc) is 2.53. The van der Waals surface area contributed by atoms with E-state index in [0.29, 0.717) is 11.0 Å². The van der Waals surface area contributed by atoms with Gasteiger partial charge in [0, 0.05) is 6.26 Å². The van der Waals surface area contributed by atoms with Gasteiger partial charge < -0.3 is 0 Å². The Hall–Kier alpha value is -1.37. The van der Waals surface area contributed by atoms with Gasteiger partial charge in [-0.15, -0.1) is 9.19 Å². The molecule has 0 aromatic carbocycles. The normalized spacial score (nSPS) is 10.8. The first-order chi connectivity index (χ1) is 5.83. The molecular weight excluding hydrogens is 178 g/mol. The number of fused-ring (bicyclic) bond motifs is 1. The summed E-state index contributed by atoms with van der Waals surface area (Å²) in [5, 5.41) is 14.1. The second-order valence-corrected chi connectivity index (χ2v) is 2.79. The minimum Gasteiger partial charge on any atom is -0.266 e. The third-order valence-electron chi connectivity index (χ3n) is 1.42. The number of hydrogen-bond donors (Lipinski definition) is 1. The lowest BCUT2D eigenvalue weighted by Gasteiger charge is -1.94. The first-order valence-electron chi connectivity index (χ1n) is 3.16. The van der Waals surface area contributed by atoms with Crippen molar-refractivity contribution in [2.24, 2.45) is 0 Å². The number of hydrogen-bond acceptors (Lipinski definition) is 5. The van der Waals surface area contributed by atoms with E-state index in [2.05, 4.69) is 20.5 Å². The number of aromatic amines is 1. The smallest absolute Gasteiger partial charge is 0.266 e. The molecule has 6 nitrogen and oxygen atoms in total. The van der Waals surface area contributed by atoms with Crippen LogP contribution in [0, 0.1) is 0 Å². The third kappa shape index (κ3) is 0.900. The molecule has 0 aliphatic carbocycles. The summed E-state index contributed by atoms with van der Waals surface area (Å²) >= 11 is 1.20. The van der Waals surface area contributed by atoms with Gasteiger partial charge in [0.15, 0.2) is 5.65 Å². The first kappa shape index (κ1) is 7.29. The molecule has 1 N–H and O–H groups in total. The lowest BCUT2D eigenvalue weighted by Crippen LogP contribution is -2.18.